The Hall–Kier alpha value is -1.84. The van der Waals surface area contributed by atoms with Gasteiger partial charge < -0.3 is 5.73 Å². The molecule has 0 fully saturated rings. The van der Waals surface area contributed by atoms with Crippen LogP contribution in [-0.4, -0.2) is 14.8 Å². The molecule has 2 aromatic heterocycles. The number of rotatable bonds is 2. The maximum atomic E-state index is 5.55. The van der Waals surface area contributed by atoms with Gasteiger partial charge in [-0.3, -0.25) is 9.67 Å². The second kappa shape index (κ2) is 3.49. The van der Waals surface area contributed by atoms with Gasteiger partial charge in [0.15, 0.2) is 0 Å². The molecule has 0 bridgehead atoms. The molecule has 72 valence electrons. The summed E-state index contributed by atoms with van der Waals surface area (Å²) in [4.78, 5) is 3.97. The van der Waals surface area contributed by atoms with Crippen LogP contribution in [-0.2, 0) is 0 Å². The zero-order chi connectivity index (χ0) is 9.97. The molecule has 2 heterocycles. The molecule has 0 radical (unpaired) electrons. The van der Waals surface area contributed by atoms with Gasteiger partial charge in [0.1, 0.15) is 5.82 Å². The predicted molar refractivity (Wildman–Crippen MR) is 54.7 cm³/mol. The number of nitrogens with zero attached hydrogens (tertiary/aromatic N) is 3. The van der Waals surface area contributed by atoms with Gasteiger partial charge in [-0.1, -0.05) is 0 Å². The molecule has 0 aliphatic rings. The highest BCUT2D eigenvalue weighted by molar-refractivity contribution is 5.25. The van der Waals surface area contributed by atoms with E-state index in [9.17, 15) is 0 Å². The van der Waals surface area contributed by atoms with Crippen LogP contribution in [0.5, 0.6) is 0 Å². The first-order valence-corrected chi connectivity index (χ1v) is 4.48. The van der Waals surface area contributed by atoms with Gasteiger partial charge >= 0.3 is 0 Å². The summed E-state index contributed by atoms with van der Waals surface area (Å²) in [5.41, 5.74) is 6.72. The fourth-order valence-corrected chi connectivity index (χ4v) is 1.36. The average molecular weight is 188 g/mol. The smallest absolute Gasteiger partial charge is 0.145 e. The number of pyridine rings is 1. The van der Waals surface area contributed by atoms with Crippen molar-refractivity contribution in [2.24, 2.45) is 0 Å². The first-order chi connectivity index (χ1) is 6.77. The van der Waals surface area contributed by atoms with Crippen molar-refractivity contribution in [3.05, 3.63) is 42.4 Å². The van der Waals surface area contributed by atoms with E-state index >= 15 is 0 Å². The average Bonchev–Trinajstić information content (AvgIpc) is 2.65. The lowest BCUT2D eigenvalue weighted by atomic mass is 10.1. The molecule has 2 N–H and O–H groups in total. The summed E-state index contributed by atoms with van der Waals surface area (Å²) in [5.74, 6) is 0.547. The van der Waals surface area contributed by atoms with Crippen LogP contribution in [0.15, 0.2) is 36.8 Å². The van der Waals surface area contributed by atoms with Crippen LogP contribution < -0.4 is 5.73 Å². The van der Waals surface area contributed by atoms with Gasteiger partial charge in [-0.2, -0.15) is 5.10 Å². The Bertz CT molecular complexity index is 407. The highest BCUT2D eigenvalue weighted by Gasteiger charge is 2.07. The van der Waals surface area contributed by atoms with E-state index in [1.807, 2.05) is 23.0 Å². The Balaban J connectivity index is 2.29. The van der Waals surface area contributed by atoms with Crippen molar-refractivity contribution in [2.75, 3.05) is 5.73 Å². The molecule has 0 saturated heterocycles. The molecule has 0 spiro atoms. The molecular weight excluding hydrogens is 176 g/mol. The molecule has 4 nitrogen and oxygen atoms in total. The van der Waals surface area contributed by atoms with Gasteiger partial charge in [-0.25, -0.2) is 0 Å². The predicted octanol–water partition coefficient (Wildman–Crippen LogP) is 1.47. The van der Waals surface area contributed by atoms with Crippen LogP contribution in [0.25, 0.3) is 0 Å². The van der Waals surface area contributed by atoms with Crippen LogP contribution in [0.4, 0.5) is 5.82 Å². The highest BCUT2D eigenvalue weighted by atomic mass is 15.3. The highest BCUT2D eigenvalue weighted by Crippen LogP contribution is 2.16. The number of hydrogen-bond donors (Lipinski definition) is 1. The maximum Gasteiger partial charge on any atom is 0.145 e. The largest absolute Gasteiger partial charge is 0.382 e. The van der Waals surface area contributed by atoms with Gasteiger partial charge in [-0.05, 0) is 30.7 Å². The molecule has 0 saturated carbocycles. The van der Waals surface area contributed by atoms with Crippen molar-refractivity contribution in [3.63, 3.8) is 0 Å². The quantitative estimate of drug-likeness (QED) is 0.776. The molecule has 4 heteroatoms. The van der Waals surface area contributed by atoms with Gasteiger partial charge in [-0.15, -0.1) is 0 Å². The van der Waals surface area contributed by atoms with Gasteiger partial charge in [0.05, 0.1) is 6.04 Å². The normalized spacial score (nSPS) is 12.6. The number of aromatic nitrogens is 3. The van der Waals surface area contributed by atoms with E-state index in [4.69, 9.17) is 5.73 Å². The van der Waals surface area contributed by atoms with E-state index in [0.29, 0.717) is 5.82 Å². The van der Waals surface area contributed by atoms with Crippen molar-refractivity contribution in [1.29, 1.82) is 0 Å². The fourth-order valence-electron chi connectivity index (χ4n) is 1.36. The van der Waals surface area contributed by atoms with Gasteiger partial charge in [0, 0.05) is 18.6 Å². The standard InChI is InChI=1S/C10H12N4/c1-8(9-2-5-12-6-3-9)14-7-4-10(11)13-14/h2-8H,1H3,(H2,11,13). The van der Waals surface area contributed by atoms with Crippen LogP contribution in [0.1, 0.15) is 18.5 Å². The minimum atomic E-state index is 0.190. The molecule has 2 rings (SSSR count). The zero-order valence-corrected chi connectivity index (χ0v) is 7.96. The summed E-state index contributed by atoms with van der Waals surface area (Å²) in [6.07, 6.45) is 5.43. The Morgan fingerprint density at radius 3 is 2.57 bits per heavy atom. The van der Waals surface area contributed by atoms with Crippen molar-refractivity contribution < 1.29 is 0 Å². The van der Waals surface area contributed by atoms with Gasteiger partial charge in [0.2, 0.25) is 0 Å². The third-order valence-electron chi connectivity index (χ3n) is 2.21. The lowest BCUT2D eigenvalue weighted by Gasteiger charge is -2.11. The van der Waals surface area contributed by atoms with E-state index in [2.05, 4.69) is 17.0 Å². The fraction of sp³-hybridized carbons (Fsp3) is 0.200. The van der Waals surface area contributed by atoms with Crippen LogP contribution >= 0.6 is 0 Å². The lowest BCUT2D eigenvalue weighted by Crippen LogP contribution is -2.07. The molecule has 14 heavy (non-hydrogen) atoms. The molecule has 1 unspecified atom stereocenters. The molecule has 0 amide bonds. The lowest BCUT2D eigenvalue weighted by molar-refractivity contribution is 0.566. The maximum absolute atomic E-state index is 5.55. The van der Waals surface area contributed by atoms with Crippen molar-refractivity contribution in [2.45, 2.75) is 13.0 Å². The summed E-state index contributed by atoms with van der Waals surface area (Å²) < 4.78 is 1.84. The van der Waals surface area contributed by atoms with Gasteiger partial charge in [0.25, 0.3) is 0 Å². The second-order valence-electron chi connectivity index (χ2n) is 3.18. The van der Waals surface area contributed by atoms with Crippen molar-refractivity contribution >= 4 is 5.82 Å². The SMILES string of the molecule is CC(c1ccncc1)n1ccc(N)n1. The van der Waals surface area contributed by atoms with E-state index in [0.717, 1.165) is 0 Å². The third kappa shape index (κ3) is 1.59. The van der Waals surface area contributed by atoms with Crippen molar-refractivity contribution in [3.8, 4) is 0 Å². The Labute approximate surface area is 82.4 Å². The zero-order valence-electron chi connectivity index (χ0n) is 7.96. The Kier molecular flexibility index (Phi) is 2.18. The molecule has 0 aromatic carbocycles. The first kappa shape index (κ1) is 8.74. The third-order valence-corrected chi connectivity index (χ3v) is 2.21. The molecule has 2 aromatic rings. The van der Waals surface area contributed by atoms with E-state index in [1.54, 1.807) is 18.5 Å². The Morgan fingerprint density at radius 1 is 1.29 bits per heavy atom. The number of anilines is 1. The summed E-state index contributed by atoms with van der Waals surface area (Å²) in [6, 6.07) is 5.93. The number of hydrogen-bond acceptors (Lipinski definition) is 3. The molecule has 0 aliphatic carbocycles. The summed E-state index contributed by atoms with van der Waals surface area (Å²) in [7, 11) is 0. The molecule has 0 aliphatic heterocycles. The molecule has 1 atom stereocenters. The van der Waals surface area contributed by atoms with E-state index in [-0.39, 0.29) is 6.04 Å². The van der Waals surface area contributed by atoms with Crippen molar-refractivity contribution in [1.82, 2.24) is 14.8 Å². The van der Waals surface area contributed by atoms with E-state index < -0.39 is 0 Å². The number of nitrogens with two attached hydrogens (primary N) is 1. The first-order valence-electron chi connectivity index (χ1n) is 4.48. The summed E-state index contributed by atoms with van der Waals surface area (Å²) >= 11 is 0. The second-order valence-corrected chi connectivity index (χ2v) is 3.18. The minimum absolute atomic E-state index is 0.190. The molecular formula is C10H12N4. The van der Waals surface area contributed by atoms with Crippen LogP contribution in [0.2, 0.25) is 0 Å². The van der Waals surface area contributed by atoms with E-state index in [1.165, 1.54) is 5.56 Å². The summed E-state index contributed by atoms with van der Waals surface area (Å²) in [6.45, 7) is 2.07. The van der Waals surface area contributed by atoms with Crippen LogP contribution in [0.3, 0.4) is 0 Å². The summed E-state index contributed by atoms with van der Waals surface area (Å²) in [5, 5.41) is 4.16. The topological polar surface area (TPSA) is 56.7 Å². The van der Waals surface area contributed by atoms with Crippen LogP contribution in [0, 0.1) is 0 Å². The Morgan fingerprint density at radius 2 is 2.00 bits per heavy atom. The monoisotopic (exact) mass is 188 g/mol. The minimum Gasteiger partial charge on any atom is -0.382 e. The number of nitrogen functional groups attached to an aromatic ring is 1.